The summed E-state index contributed by atoms with van der Waals surface area (Å²) in [5.74, 6) is -1.20. The van der Waals surface area contributed by atoms with Crippen LogP contribution in [0.15, 0.2) is 24.3 Å². The zero-order chi connectivity index (χ0) is 12.3. The Balaban J connectivity index is 1.90. The number of hydrogen-bond acceptors (Lipinski definition) is 2. The Morgan fingerprint density at radius 3 is 2.47 bits per heavy atom. The quantitative estimate of drug-likeness (QED) is 0.849. The molecule has 0 amide bonds. The Bertz CT molecular complexity index is 400. The van der Waals surface area contributed by atoms with Gasteiger partial charge in [-0.15, -0.1) is 0 Å². The van der Waals surface area contributed by atoms with E-state index in [0.29, 0.717) is 18.5 Å². The van der Waals surface area contributed by atoms with Crippen molar-refractivity contribution in [2.75, 3.05) is 5.32 Å². The molecule has 0 bridgehead atoms. The molecule has 0 unspecified atom stereocenters. The summed E-state index contributed by atoms with van der Waals surface area (Å²) in [5.41, 5.74) is 0.506. The summed E-state index contributed by atoms with van der Waals surface area (Å²) in [6.45, 7) is 0. The number of halogens is 1. The van der Waals surface area contributed by atoms with Gasteiger partial charge in [0, 0.05) is 6.04 Å². The molecule has 0 atom stereocenters. The van der Waals surface area contributed by atoms with Gasteiger partial charge in [0.25, 0.3) is 0 Å². The molecule has 0 heterocycles. The number of nitrogens with one attached hydrogen (secondary N) is 1. The molecule has 2 N–H and O–H groups in total. The van der Waals surface area contributed by atoms with E-state index in [2.05, 4.69) is 5.32 Å². The van der Waals surface area contributed by atoms with E-state index in [-0.39, 0.29) is 17.8 Å². The van der Waals surface area contributed by atoms with Crippen molar-refractivity contribution in [1.82, 2.24) is 0 Å². The molecule has 4 heteroatoms. The van der Waals surface area contributed by atoms with Gasteiger partial charge in [-0.3, -0.25) is 4.79 Å². The van der Waals surface area contributed by atoms with Crippen LogP contribution in [-0.2, 0) is 4.79 Å². The van der Waals surface area contributed by atoms with Crippen LogP contribution in [0, 0.1) is 11.7 Å². The van der Waals surface area contributed by atoms with Crippen LogP contribution < -0.4 is 5.32 Å². The highest BCUT2D eigenvalue weighted by Crippen LogP contribution is 2.27. The molecule has 1 aromatic carbocycles. The second-order valence-electron chi connectivity index (χ2n) is 4.51. The summed E-state index contributed by atoms with van der Waals surface area (Å²) in [6.07, 6.45) is 2.90. The Morgan fingerprint density at radius 2 is 1.88 bits per heavy atom. The lowest BCUT2D eigenvalue weighted by atomic mass is 9.86. The van der Waals surface area contributed by atoms with Crippen molar-refractivity contribution in [3.8, 4) is 0 Å². The number of carbonyl (C=O) groups is 1. The van der Waals surface area contributed by atoms with Gasteiger partial charge < -0.3 is 10.4 Å². The number of carboxylic acid groups (broad SMARTS) is 1. The third kappa shape index (κ3) is 2.96. The van der Waals surface area contributed by atoms with Gasteiger partial charge >= 0.3 is 5.97 Å². The maximum Gasteiger partial charge on any atom is 0.306 e. The monoisotopic (exact) mass is 237 g/mol. The lowest BCUT2D eigenvalue weighted by Gasteiger charge is -2.27. The first-order chi connectivity index (χ1) is 8.16. The average molecular weight is 237 g/mol. The number of aliphatic carboxylic acids is 1. The smallest absolute Gasteiger partial charge is 0.306 e. The molecule has 0 saturated heterocycles. The maximum atomic E-state index is 13.4. The Hall–Kier alpha value is -1.58. The summed E-state index contributed by atoms with van der Waals surface area (Å²) in [7, 11) is 0. The Kier molecular flexibility index (Phi) is 3.61. The molecule has 1 fully saturated rings. The lowest BCUT2D eigenvalue weighted by Crippen LogP contribution is -2.29. The van der Waals surface area contributed by atoms with Gasteiger partial charge in [-0.05, 0) is 37.8 Å². The van der Waals surface area contributed by atoms with Gasteiger partial charge in [-0.2, -0.15) is 0 Å². The molecule has 1 saturated carbocycles. The van der Waals surface area contributed by atoms with Crippen LogP contribution in [0.4, 0.5) is 10.1 Å². The molecule has 1 aliphatic carbocycles. The summed E-state index contributed by atoms with van der Waals surface area (Å²) < 4.78 is 13.4. The van der Waals surface area contributed by atoms with Crippen LogP contribution in [-0.4, -0.2) is 17.1 Å². The minimum absolute atomic E-state index is 0.183. The first-order valence-corrected chi connectivity index (χ1v) is 5.90. The summed E-state index contributed by atoms with van der Waals surface area (Å²) in [4.78, 5) is 10.8. The van der Waals surface area contributed by atoms with Crippen molar-refractivity contribution >= 4 is 11.7 Å². The van der Waals surface area contributed by atoms with E-state index in [0.717, 1.165) is 12.8 Å². The van der Waals surface area contributed by atoms with Crippen LogP contribution in [0.5, 0.6) is 0 Å². The van der Waals surface area contributed by atoms with Crippen LogP contribution in [0.3, 0.4) is 0 Å². The summed E-state index contributed by atoms with van der Waals surface area (Å²) in [5, 5.41) is 12.0. The number of benzene rings is 1. The lowest BCUT2D eigenvalue weighted by molar-refractivity contribution is -0.142. The van der Waals surface area contributed by atoms with Gasteiger partial charge in [-0.1, -0.05) is 12.1 Å². The number of hydrogen-bond donors (Lipinski definition) is 2. The average Bonchev–Trinajstić information content (AvgIpc) is 2.33. The third-order valence-electron chi connectivity index (χ3n) is 3.31. The SMILES string of the molecule is O=C(O)C1CCC(Nc2ccccc2F)CC1. The topological polar surface area (TPSA) is 49.3 Å². The van der Waals surface area contributed by atoms with Crippen molar-refractivity contribution in [2.45, 2.75) is 31.7 Å². The predicted octanol–water partition coefficient (Wildman–Crippen LogP) is 2.88. The molecule has 92 valence electrons. The first-order valence-electron chi connectivity index (χ1n) is 5.90. The normalized spacial score (nSPS) is 24.3. The molecular formula is C13H16FNO2. The standard InChI is InChI=1S/C13H16FNO2/c14-11-3-1-2-4-12(11)15-10-7-5-9(6-8-10)13(16)17/h1-4,9-10,15H,5-8H2,(H,16,17). The fraction of sp³-hybridized carbons (Fsp3) is 0.462. The molecule has 0 aliphatic heterocycles. The van der Waals surface area contributed by atoms with Crippen LogP contribution in [0.25, 0.3) is 0 Å². The highest BCUT2D eigenvalue weighted by Gasteiger charge is 2.25. The van der Waals surface area contributed by atoms with E-state index in [1.807, 2.05) is 0 Å². The second-order valence-corrected chi connectivity index (χ2v) is 4.51. The molecule has 17 heavy (non-hydrogen) atoms. The fourth-order valence-corrected chi connectivity index (χ4v) is 2.28. The largest absolute Gasteiger partial charge is 0.481 e. The van der Waals surface area contributed by atoms with Crippen molar-refractivity contribution < 1.29 is 14.3 Å². The fourth-order valence-electron chi connectivity index (χ4n) is 2.28. The maximum absolute atomic E-state index is 13.4. The molecule has 0 spiro atoms. The van der Waals surface area contributed by atoms with Gasteiger partial charge in [0.2, 0.25) is 0 Å². The van der Waals surface area contributed by atoms with E-state index in [1.54, 1.807) is 18.2 Å². The highest BCUT2D eigenvalue weighted by atomic mass is 19.1. The van der Waals surface area contributed by atoms with Crippen LogP contribution >= 0.6 is 0 Å². The molecule has 1 aromatic rings. The minimum atomic E-state index is -0.714. The molecule has 2 rings (SSSR count). The molecule has 0 radical (unpaired) electrons. The van der Waals surface area contributed by atoms with E-state index >= 15 is 0 Å². The Morgan fingerprint density at radius 1 is 1.24 bits per heavy atom. The zero-order valence-electron chi connectivity index (χ0n) is 9.53. The van der Waals surface area contributed by atoms with Gasteiger partial charge in [0.15, 0.2) is 0 Å². The van der Waals surface area contributed by atoms with E-state index in [4.69, 9.17) is 5.11 Å². The van der Waals surface area contributed by atoms with Gasteiger partial charge in [-0.25, -0.2) is 4.39 Å². The van der Waals surface area contributed by atoms with E-state index < -0.39 is 5.97 Å². The highest BCUT2D eigenvalue weighted by molar-refractivity contribution is 5.70. The molecule has 3 nitrogen and oxygen atoms in total. The van der Waals surface area contributed by atoms with Gasteiger partial charge in [0.05, 0.1) is 11.6 Å². The van der Waals surface area contributed by atoms with Crippen molar-refractivity contribution in [2.24, 2.45) is 5.92 Å². The molecule has 0 aromatic heterocycles. The summed E-state index contributed by atoms with van der Waals surface area (Å²) >= 11 is 0. The number of carboxylic acids is 1. The van der Waals surface area contributed by atoms with E-state index in [1.165, 1.54) is 6.07 Å². The van der Waals surface area contributed by atoms with Crippen molar-refractivity contribution in [3.05, 3.63) is 30.1 Å². The van der Waals surface area contributed by atoms with Crippen LogP contribution in [0.1, 0.15) is 25.7 Å². The van der Waals surface area contributed by atoms with Gasteiger partial charge in [0.1, 0.15) is 5.82 Å². The molecular weight excluding hydrogens is 221 g/mol. The van der Waals surface area contributed by atoms with E-state index in [9.17, 15) is 9.18 Å². The predicted molar refractivity (Wildman–Crippen MR) is 63.4 cm³/mol. The first kappa shape index (κ1) is 11.9. The Labute approximate surface area is 99.7 Å². The summed E-state index contributed by atoms with van der Waals surface area (Å²) in [6, 6.07) is 6.75. The molecule has 1 aliphatic rings. The van der Waals surface area contributed by atoms with Crippen molar-refractivity contribution in [3.63, 3.8) is 0 Å². The number of anilines is 1. The zero-order valence-corrected chi connectivity index (χ0v) is 9.53. The minimum Gasteiger partial charge on any atom is -0.481 e. The van der Waals surface area contributed by atoms with Crippen LogP contribution in [0.2, 0.25) is 0 Å². The third-order valence-corrected chi connectivity index (χ3v) is 3.31. The van der Waals surface area contributed by atoms with Crippen molar-refractivity contribution in [1.29, 1.82) is 0 Å². The second kappa shape index (κ2) is 5.17. The number of para-hydroxylation sites is 1. The number of rotatable bonds is 3.